The van der Waals surface area contributed by atoms with Gasteiger partial charge in [-0.05, 0) is 25.5 Å². The molecule has 114 valence electrons. The summed E-state index contributed by atoms with van der Waals surface area (Å²) >= 11 is 0. The molecule has 2 aromatic rings. The molecule has 0 spiro atoms. The summed E-state index contributed by atoms with van der Waals surface area (Å²) in [5.41, 5.74) is 1.77. The number of aryl methyl sites for hydroxylation is 2. The third kappa shape index (κ3) is 3.08. The van der Waals surface area contributed by atoms with Gasteiger partial charge < -0.3 is 9.64 Å². The van der Waals surface area contributed by atoms with Crippen LogP contribution >= 0.6 is 0 Å². The molecule has 0 unspecified atom stereocenters. The molecule has 22 heavy (non-hydrogen) atoms. The van der Waals surface area contributed by atoms with Gasteiger partial charge in [-0.3, -0.25) is 4.79 Å². The molecule has 0 saturated carbocycles. The van der Waals surface area contributed by atoms with Gasteiger partial charge in [0, 0.05) is 30.8 Å². The zero-order chi connectivity index (χ0) is 15.5. The van der Waals surface area contributed by atoms with E-state index in [9.17, 15) is 4.79 Å². The van der Waals surface area contributed by atoms with Crippen LogP contribution in [0.3, 0.4) is 0 Å². The maximum atomic E-state index is 12.6. The van der Waals surface area contributed by atoms with Crippen molar-refractivity contribution in [1.29, 1.82) is 0 Å². The van der Waals surface area contributed by atoms with Crippen molar-refractivity contribution in [3.05, 3.63) is 53.5 Å². The van der Waals surface area contributed by atoms with Crippen molar-refractivity contribution in [2.24, 2.45) is 0 Å². The molecule has 0 radical (unpaired) electrons. The molecule has 0 N–H and O–H groups in total. The first kappa shape index (κ1) is 14.5. The molecule has 1 aromatic carbocycles. The minimum absolute atomic E-state index is 0.0118. The number of benzene rings is 1. The fourth-order valence-corrected chi connectivity index (χ4v) is 2.66. The third-order valence-corrected chi connectivity index (χ3v) is 3.85. The Balaban J connectivity index is 1.65. The number of hydrogen-bond acceptors (Lipinski definition) is 4. The van der Waals surface area contributed by atoms with Gasteiger partial charge in [0.2, 0.25) is 5.88 Å². The molecule has 0 bridgehead atoms. The number of aromatic nitrogens is 2. The standard InChI is InChI=1S/C17H19N3O2/c1-12-5-3-4-6-15(12)17(21)20-10-8-14(11-20)22-16-7-9-18-13(2)19-16/h3-7,9,14H,8,10-11H2,1-2H3/t14-/m0/s1. The molecule has 0 aliphatic carbocycles. The third-order valence-electron chi connectivity index (χ3n) is 3.85. The Morgan fingerprint density at radius 2 is 2.09 bits per heavy atom. The lowest BCUT2D eigenvalue weighted by Crippen LogP contribution is -2.31. The quantitative estimate of drug-likeness (QED) is 0.873. The van der Waals surface area contributed by atoms with Crippen LogP contribution in [0.2, 0.25) is 0 Å². The number of amides is 1. The van der Waals surface area contributed by atoms with Crippen molar-refractivity contribution in [1.82, 2.24) is 14.9 Å². The number of likely N-dealkylation sites (tertiary alicyclic amines) is 1. The average molecular weight is 297 g/mol. The second-order valence-corrected chi connectivity index (χ2v) is 5.54. The van der Waals surface area contributed by atoms with E-state index in [2.05, 4.69) is 9.97 Å². The van der Waals surface area contributed by atoms with Gasteiger partial charge in [-0.1, -0.05) is 18.2 Å². The maximum absolute atomic E-state index is 12.6. The minimum atomic E-state index is -0.0118. The number of carbonyl (C=O) groups excluding carboxylic acids is 1. The average Bonchev–Trinajstić information content (AvgIpc) is 2.95. The second kappa shape index (κ2) is 6.13. The first-order valence-electron chi connectivity index (χ1n) is 7.44. The predicted molar refractivity (Wildman–Crippen MR) is 82.9 cm³/mol. The molecule has 5 heteroatoms. The summed E-state index contributed by atoms with van der Waals surface area (Å²) in [6, 6.07) is 9.42. The van der Waals surface area contributed by atoms with Crippen molar-refractivity contribution in [2.45, 2.75) is 26.4 Å². The zero-order valence-corrected chi connectivity index (χ0v) is 12.8. The van der Waals surface area contributed by atoms with E-state index in [-0.39, 0.29) is 12.0 Å². The van der Waals surface area contributed by atoms with Gasteiger partial charge in [-0.15, -0.1) is 0 Å². The summed E-state index contributed by atoms with van der Waals surface area (Å²) in [5.74, 6) is 1.33. The Hall–Kier alpha value is -2.43. The van der Waals surface area contributed by atoms with Crippen LogP contribution in [0.25, 0.3) is 0 Å². The number of ether oxygens (including phenoxy) is 1. The lowest BCUT2D eigenvalue weighted by molar-refractivity contribution is 0.0770. The van der Waals surface area contributed by atoms with E-state index in [1.54, 1.807) is 12.3 Å². The lowest BCUT2D eigenvalue weighted by atomic mass is 10.1. The topological polar surface area (TPSA) is 55.3 Å². The first-order chi connectivity index (χ1) is 10.6. The van der Waals surface area contributed by atoms with Crippen LogP contribution in [0.5, 0.6) is 5.88 Å². The first-order valence-corrected chi connectivity index (χ1v) is 7.44. The highest BCUT2D eigenvalue weighted by Gasteiger charge is 2.29. The van der Waals surface area contributed by atoms with E-state index in [1.165, 1.54) is 0 Å². The second-order valence-electron chi connectivity index (χ2n) is 5.54. The van der Waals surface area contributed by atoms with Gasteiger partial charge in [0.15, 0.2) is 0 Å². The molecule has 2 heterocycles. The summed E-state index contributed by atoms with van der Waals surface area (Å²) in [7, 11) is 0. The van der Waals surface area contributed by atoms with Crippen LogP contribution in [0.15, 0.2) is 36.5 Å². The number of hydrogen-bond donors (Lipinski definition) is 0. The van der Waals surface area contributed by atoms with E-state index in [1.807, 2.05) is 43.0 Å². The lowest BCUT2D eigenvalue weighted by Gasteiger charge is -2.18. The molecule has 1 aromatic heterocycles. The number of nitrogens with zero attached hydrogens (tertiary/aromatic N) is 3. The van der Waals surface area contributed by atoms with Crippen molar-refractivity contribution in [3.63, 3.8) is 0 Å². The van der Waals surface area contributed by atoms with E-state index >= 15 is 0 Å². The minimum Gasteiger partial charge on any atom is -0.472 e. The monoisotopic (exact) mass is 297 g/mol. The molecule has 1 fully saturated rings. The summed E-state index contributed by atoms with van der Waals surface area (Å²) in [6.07, 6.45) is 2.49. The largest absolute Gasteiger partial charge is 0.472 e. The highest BCUT2D eigenvalue weighted by Crippen LogP contribution is 2.19. The molecular formula is C17H19N3O2. The fourth-order valence-electron chi connectivity index (χ4n) is 2.66. The zero-order valence-electron chi connectivity index (χ0n) is 12.8. The highest BCUT2D eigenvalue weighted by atomic mass is 16.5. The van der Waals surface area contributed by atoms with Gasteiger partial charge in [0.25, 0.3) is 5.91 Å². The van der Waals surface area contributed by atoms with Gasteiger partial charge in [-0.2, -0.15) is 4.98 Å². The van der Waals surface area contributed by atoms with Crippen molar-refractivity contribution in [2.75, 3.05) is 13.1 Å². The van der Waals surface area contributed by atoms with Crippen LogP contribution in [0, 0.1) is 13.8 Å². The Morgan fingerprint density at radius 3 is 2.86 bits per heavy atom. The molecule has 1 atom stereocenters. The summed E-state index contributed by atoms with van der Waals surface area (Å²) in [4.78, 5) is 22.7. The van der Waals surface area contributed by atoms with Crippen molar-refractivity contribution in [3.8, 4) is 5.88 Å². The van der Waals surface area contributed by atoms with E-state index in [0.29, 0.717) is 24.8 Å². The Kier molecular flexibility index (Phi) is 4.04. The molecule has 3 rings (SSSR count). The smallest absolute Gasteiger partial charge is 0.254 e. The number of carbonyl (C=O) groups is 1. The van der Waals surface area contributed by atoms with Gasteiger partial charge in [-0.25, -0.2) is 4.98 Å². The van der Waals surface area contributed by atoms with Gasteiger partial charge in [0.1, 0.15) is 11.9 Å². The summed E-state index contributed by atoms with van der Waals surface area (Å²) in [5, 5.41) is 0. The summed E-state index contributed by atoms with van der Waals surface area (Å²) in [6.45, 7) is 5.09. The molecule has 1 saturated heterocycles. The Labute approximate surface area is 130 Å². The normalized spacial score (nSPS) is 17.5. The van der Waals surface area contributed by atoms with Crippen LogP contribution in [0.1, 0.15) is 28.2 Å². The Bertz CT molecular complexity index is 687. The van der Waals surface area contributed by atoms with Gasteiger partial charge >= 0.3 is 0 Å². The molecule has 5 nitrogen and oxygen atoms in total. The van der Waals surface area contributed by atoms with Crippen LogP contribution < -0.4 is 4.74 Å². The molecule has 1 amide bonds. The highest BCUT2D eigenvalue weighted by molar-refractivity contribution is 5.95. The molecule has 1 aliphatic rings. The van der Waals surface area contributed by atoms with E-state index in [4.69, 9.17) is 4.74 Å². The number of rotatable bonds is 3. The fraction of sp³-hybridized carbons (Fsp3) is 0.353. The maximum Gasteiger partial charge on any atom is 0.254 e. The van der Waals surface area contributed by atoms with Crippen molar-refractivity contribution < 1.29 is 9.53 Å². The predicted octanol–water partition coefficient (Wildman–Crippen LogP) is 2.39. The Morgan fingerprint density at radius 1 is 1.27 bits per heavy atom. The van der Waals surface area contributed by atoms with Gasteiger partial charge in [0.05, 0.1) is 6.54 Å². The van der Waals surface area contributed by atoms with E-state index < -0.39 is 0 Å². The van der Waals surface area contributed by atoms with Crippen LogP contribution in [-0.2, 0) is 0 Å². The van der Waals surface area contributed by atoms with Crippen LogP contribution in [0.4, 0.5) is 0 Å². The van der Waals surface area contributed by atoms with Crippen molar-refractivity contribution >= 4 is 5.91 Å². The van der Waals surface area contributed by atoms with E-state index in [0.717, 1.165) is 17.5 Å². The molecular weight excluding hydrogens is 278 g/mol. The SMILES string of the molecule is Cc1nccc(O[C@H]2CCN(C(=O)c3ccccc3C)C2)n1. The van der Waals surface area contributed by atoms with Crippen LogP contribution in [-0.4, -0.2) is 40.0 Å². The summed E-state index contributed by atoms with van der Waals surface area (Å²) < 4.78 is 5.86. The molecule has 1 aliphatic heterocycles.